The lowest BCUT2D eigenvalue weighted by Gasteiger charge is -2.36. The van der Waals surface area contributed by atoms with E-state index < -0.39 is 0 Å². The van der Waals surface area contributed by atoms with Gasteiger partial charge in [-0.05, 0) is 48.5 Å². The minimum absolute atomic E-state index is 0.0953. The monoisotopic (exact) mass is 409 g/mol. The van der Waals surface area contributed by atoms with Crippen LogP contribution in [0.15, 0.2) is 59.1 Å². The number of hydrogen-bond acceptors (Lipinski definition) is 5. The molecule has 2 aromatic carbocycles. The van der Waals surface area contributed by atoms with Gasteiger partial charge in [0.15, 0.2) is 11.7 Å². The quantitative estimate of drug-likeness (QED) is 0.620. The summed E-state index contributed by atoms with van der Waals surface area (Å²) < 4.78 is 24.1. The average Bonchev–Trinajstić information content (AvgIpc) is 3.27. The Hall–Kier alpha value is -3.35. The molecular formula is C23H24FN3O3. The molecule has 0 bridgehead atoms. The molecule has 0 aliphatic carbocycles. The van der Waals surface area contributed by atoms with E-state index in [2.05, 4.69) is 9.88 Å². The van der Waals surface area contributed by atoms with Crippen molar-refractivity contribution in [3.63, 3.8) is 0 Å². The van der Waals surface area contributed by atoms with E-state index in [1.807, 2.05) is 29.2 Å². The number of halogens is 1. The highest BCUT2D eigenvalue weighted by atomic mass is 19.1. The molecule has 0 spiro atoms. The molecule has 0 radical (unpaired) electrons. The number of carbonyl (C=O) groups excluding carboxylic acids is 1. The fourth-order valence-corrected chi connectivity index (χ4v) is 3.55. The summed E-state index contributed by atoms with van der Waals surface area (Å²) in [4.78, 5) is 20.9. The zero-order valence-corrected chi connectivity index (χ0v) is 16.9. The molecule has 0 atom stereocenters. The summed E-state index contributed by atoms with van der Waals surface area (Å²) in [5.41, 5.74) is 1.90. The SMILES string of the molecule is COc1ccc(-c2cnc(CCC(=O)N3CCN(c4ccc(F)cc4)CC3)o2)cc1. The van der Waals surface area contributed by atoms with E-state index in [4.69, 9.17) is 9.15 Å². The summed E-state index contributed by atoms with van der Waals surface area (Å²) in [5, 5.41) is 0. The van der Waals surface area contributed by atoms with Crippen molar-refractivity contribution in [2.45, 2.75) is 12.8 Å². The maximum atomic E-state index is 13.1. The third-order valence-corrected chi connectivity index (χ3v) is 5.30. The summed E-state index contributed by atoms with van der Waals surface area (Å²) in [6, 6.07) is 14.0. The maximum Gasteiger partial charge on any atom is 0.223 e. The van der Waals surface area contributed by atoms with Gasteiger partial charge in [0.1, 0.15) is 11.6 Å². The van der Waals surface area contributed by atoms with Gasteiger partial charge in [0.2, 0.25) is 5.91 Å². The van der Waals surface area contributed by atoms with Gasteiger partial charge in [-0.3, -0.25) is 4.79 Å². The predicted molar refractivity (Wildman–Crippen MR) is 112 cm³/mol. The van der Waals surface area contributed by atoms with Crippen molar-refractivity contribution in [3.05, 3.63) is 66.4 Å². The molecule has 1 aliphatic heterocycles. The van der Waals surface area contributed by atoms with Gasteiger partial charge < -0.3 is 19.0 Å². The average molecular weight is 409 g/mol. The van der Waals surface area contributed by atoms with Gasteiger partial charge in [-0.1, -0.05) is 0 Å². The Morgan fingerprint density at radius 2 is 1.77 bits per heavy atom. The lowest BCUT2D eigenvalue weighted by atomic mass is 10.2. The minimum Gasteiger partial charge on any atom is -0.497 e. The van der Waals surface area contributed by atoms with Crippen LogP contribution in [0.3, 0.4) is 0 Å². The Balaban J connectivity index is 1.27. The molecule has 0 unspecified atom stereocenters. The fraction of sp³-hybridized carbons (Fsp3) is 0.304. The molecular weight excluding hydrogens is 385 g/mol. The van der Waals surface area contributed by atoms with E-state index in [1.54, 1.807) is 25.4 Å². The number of anilines is 1. The van der Waals surface area contributed by atoms with Crippen LogP contribution in [0, 0.1) is 5.82 Å². The first-order chi connectivity index (χ1) is 14.6. The maximum absolute atomic E-state index is 13.1. The van der Waals surface area contributed by atoms with Crippen LogP contribution in [-0.2, 0) is 11.2 Å². The van der Waals surface area contributed by atoms with Gasteiger partial charge >= 0.3 is 0 Å². The molecule has 1 aliphatic rings. The number of hydrogen-bond donors (Lipinski definition) is 0. The van der Waals surface area contributed by atoms with Crippen molar-refractivity contribution in [2.24, 2.45) is 0 Å². The van der Waals surface area contributed by atoms with Gasteiger partial charge in [0, 0.05) is 50.3 Å². The Morgan fingerprint density at radius 3 is 2.43 bits per heavy atom. The Kier molecular flexibility index (Phi) is 5.97. The van der Waals surface area contributed by atoms with Crippen LogP contribution < -0.4 is 9.64 Å². The number of aryl methyl sites for hydroxylation is 1. The molecule has 1 saturated heterocycles. The van der Waals surface area contributed by atoms with E-state index >= 15 is 0 Å². The summed E-state index contributed by atoms with van der Waals surface area (Å²) in [7, 11) is 1.63. The molecule has 3 aromatic rings. The lowest BCUT2D eigenvalue weighted by Crippen LogP contribution is -2.48. The van der Waals surface area contributed by atoms with Crippen molar-refractivity contribution >= 4 is 11.6 Å². The van der Waals surface area contributed by atoms with Gasteiger partial charge in [0.25, 0.3) is 0 Å². The number of oxazole rings is 1. The predicted octanol–water partition coefficient (Wildman–Crippen LogP) is 3.77. The third kappa shape index (κ3) is 4.62. The van der Waals surface area contributed by atoms with Crippen molar-refractivity contribution in [1.82, 2.24) is 9.88 Å². The number of piperazine rings is 1. The molecule has 2 heterocycles. The minimum atomic E-state index is -0.241. The highest BCUT2D eigenvalue weighted by Crippen LogP contribution is 2.24. The molecule has 1 amide bonds. The highest BCUT2D eigenvalue weighted by molar-refractivity contribution is 5.76. The zero-order valence-electron chi connectivity index (χ0n) is 16.9. The second-order valence-electron chi connectivity index (χ2n) is 7.19. The molecule has 7 heteroatoms. The van der Waals surface area contributed by atoms with E-state index in [0.717, 1.165) is 30.1 Å². The number of carbonyl (C=O) groups is 1. The van der Waals surface area contributed by atoms with E-state index in [9.17, 15) is 9.18 Å². The second-order valence-corrected chi connectivity index (χ2v) is 7.19. The molecule has 0 saturated carbocycles. The van der Waals surface area contributed by atoms with Crippen LogP contribution in [0.5, 0.6) is 5.75 Å². The molecule has 156 valence electrons. The van der Waals surface area contributed by atoms with Crippen molar-refractivity contribution < 1.29 is 18.3 Å². The number of amides is 1. The molecule has 1 fully saturated rings. The van der Waals surface area contributed by atoms with Crippen LogP contribution in [0.2, 0.25) is 0 Å². The topological polar surface area (TPSA) is 58.8 Å². The lowest BCUT2D eigenvalue weighted by molar-refractivity contribution is -0.131. The summed E-state index contributed by atoms with van der Waals surface area (Å²) >= 11 is 0. The standard InChI is InChI=1S/C23H24FN3O3/c1-29-20-8-2-17(3-9-20)21-16-25-22(30-21)10-11-23(28)27-14-12-26(13-15-27)19-6-4-18(24)5-7-19/h2-9,16H,10-15H2,1H3. The summed E-state index contributed by atoms with van der Waals surface area (Å²) in [6.45, 7) is 2.77. The second kappa shape index (κ2) is 8.98. The number of ether oxygens (including phenoxy) is 1. The first-order valence-corrected chi connectivity index (χ1v) is 10.00. The van der Waals surface area contributed by atoms with Gasteiger partial charge in [-0.2, -0.15) is 0 Å². The van der Waals surface area contributed by atoms with Crippen LogP contribution in [0.4, 0.5) is 10.1 Å². The van der Waals surface area contributed by atoms with Crippen molar-refractivity contribution in [3.8, 4) is 17.1 Å². The van der Waals surface area contributed by atoms with Crippen LogP contribution >= 0.6 is 0 Å². The largest absolute Gasteiger partial charge is 0.497 e. The first kappa shape index (κ1) is 19.9. The van der Waals surface area contributed by atoms with Gasteiger partial charge in [0.05, 0.1) is 13.3 Å². The number of benzene rings is 2. The van der Waals surface area contributed by atoms with Crippen LogP contribution in [0.25, 0.3) is 11.3 Å². The van der Waals surface area contributed by atoms with Crippen molar-refractivity contribution in [1.29, 1.82) is 0 Å². The molecule has 30 heavy (non-hydrogen) atoms. The summed E-state index contributed by atoms with van der Waals surface area (Å²) in [6.07, 6.45) is 2.51. The highest BCUT2D eigenvalue weighted by Gasteiger charge is 2.21. The van der Waals surface area contributed by atoms with Gasteiger partial charge in [-0.15, -0.1) is 0 Å². The van der Waals surface area contributed by atoms with E-state index in [-0.39, 0.29) is 11.7 Å². The fourth-order valence-electron chi connectivity index (χ4n) is 3.55. The Bertz CT molecular complexity index is 978. The summed E-state index contributed by atoms with van der Waals surface area (Å²) in [5.74, 6) is 1.86. The van der Waals surface area contributed by atoms with Gasteiger partial charge in [-0.25, -0.2) is 9.37 Å². The number of methoxy groups -OCH3 is 1. The zero-order chi connectivity index (χ0) is 20.9. The Labute approximate surface area is 174 Å². The third-order valence-electron chi connectivity index (χ3n) is 5.30. The number of rotatable bonds is 6. The number of aromatic nitrogens is 1. The van der Waals surface area contributed by atoms with E-state index in [0.29, 0.717) is 37.6 Å². The van der Waals surface area contributed by atoms with Crippen LogP contribution in [0.1, 0.15) is 12.3 Å². The van der Waals surface area contributed by atoms with Crippen molar-refractivity contribution in [2.75, 3.05) is 38.2 Å². The number of nitrogens with zero attached hydrogens (tertiary/aromatic N) is 3. The normalized spacial score (nSPS) is 14.1. The van der Waals surface area contributed by atoms with Crippen LogP contribution in [-0.4, -0.2) is 49.1 Å². The molecule has 1 aromatic heterocycles. The smallest absolute Gasteiger partial charge is 0.223 e. The molecule has 0 N–H and O–H groups in total. The molecule has 6 nitrogen and oxygen atoms in total. The Morgan fingerprint density at radius 1 is 1.07 bits per heavy atom. The first-order valence-electron chi connectivity index (χ1n) is 10.00. The van der Waals surface area contributed by atoms with E-state index in [1.165, 1.54) is 12.1 Å². The molecule has 4 rings (SSSR count).